The average Bonchev–Trinajstić information content (AvgIpc) is 2.30. The Kier molecular flexibility index (Phi) is 2.32. The van der Waals surface area contributed by atoms with Crippen molar-refractivity contribution in [2.75, 3.05) is 0 Å². The molecule has 0 atom stereocenters. The van der Waals surface area contributed by atoms with E-state index in [0.717, 1.165) is 11.3 Å². The lowest BCUT2D eigenvalue weighted by Crippen LogP contribution is -1.90. The quantitative estimate of drug-likeness (QED) is 0.710. The summed E-state index contributed by atoms with van der Waals surface area (Å²) in [5.74, 6) is 0. The number of benzene rings is 1. The fraction of sp³-hybridized carbons (Fsp3) is 0. The highest BCUT2D eigenvalue weighted by molar-refractivity contribution is 5.72. The van der Waals surface area contributed by atoms with Crippen LogP contribution < -0.4 is 0 Å². The van der Waals surface area contributed by atoms with Gasteiger partial charge in [0, 0.05) is 5.56 Å². The van der Waals surface area contributed by atoms with Gasteiger partial charge in [-0.2, -0.15) is 0 Å². The predicted molar refractivity (Wildman–Crippen MR) is 52.3 cm³/mol. The van der Waals surface area contributed by atoms with Crippen LogP contribution in [0.25, 0.3) is 11.3 Å². The minimum absolute atomic E-state index is 0.227. The van der Waals surface area contributed by atoms with Crippen LogP contribution in [0.5, 0.6) is 0 Å². The maximum absolute atomic E-state index is 10.2. The molecule has 14 heavy (non-hydrogen) atoms. The van der Waals surface area contributed by atoms with Crippen LogP contribution in [-0.2, 0) is 4.79 Å². The van der Waals surface area contributed by atoms with E-state index in [1.165, 1.54) is 6.20 Å². The third-order valence-electron chi connectivity index (χ3n) is 1.83. The van der Waals surface area contributed by atoms with E-state index in [1.807, 2.05) is 30.3 Å². The number of nitrogens with zero attached hydrogens (tertiary/aromatic N) is 2. The van der Waals surface area contributed by atoms with Crippen molar-refractivity contribution in [3.63, 3.8) is 0 Å². The second kappa shape index (κ2) is 3.79. The van der Waals surface area contributed by atoms with Crippen LogP contribution in [-0.4, -0.2) is 16.3 Å². The molecule has 2 rings (SSSR count). The number of carbonyl (C=O) groups excluding carboxylic acids is 1. The molecule has 0 saturated heterocycles. The van der Waals surface area contributed by atoms with Gasteiger partial charge in [-0.3, -0.25) is 9.78 Å². The number of hydrogen-bond donors (Lipinski definition) is 0. The maximum Gasteiger partial charge on any atom is 0.255 e. The van der Waals surface area contributed by atoms with Gasteiger partial charge in [0.2, 0.25) is 0 Å². The molecule has 3 nitrogen and oxygen atoms in total. The third kappa shape index (κ3) is 1.66. The van der Waals surface area contributed by atoms with E-state index in [2.05, 4.69) is 9.97 Å². The van der Waals surface area contributed by atoms with Crippen LogP contribution in [0.15, 0.2) is 42.7 Å². The molecule has 1 radical (unpaired) electrons. The maximum atomic E-state index is 10.2. The molecule has 3 heteroatoms. The Bertz CT molecular complexity index is 423. The number of hydrogen-bond acceptors (Lipinski definition) is 3. The first-order chi connectivity index (χ1) is 6.90. The first kappa shape index (κ1) is 8.56. The predicted octanol–water partition coefficient (Wildman–Crippen LogP) is 1.60. The third-order valence-corrected chi connectivity index (χ3v) is 1.83. The molecule has 1 aromatic heterocycles. The standard InChI is InChI=1S/C11H7N2O/c14-8-10-6-13-11(7-12-10)9-4-2-1-3-5-9/h1-7H. The van der Waals surface area contributed by atoms with E-state index in [-0.39, 0.29) is 5.69 Å². The molecule has 0 N–H and O–H groups in total. The van der Waals surface area contributed by atoms with Crippen molar-refractivity contribution in [2.24, 2.45) is 0 Å². The van der Waals surface area contributed by atoms with Gasteiger partial charge in [-0.25, -0.2) is 4.98 Å². The molecule has 0 aliphatic carbocycles. The summed E-state index contributed by atoms with van der Waals surface area (Å²) in [6, 6.07) is 9.67. The van der Waals surface area contributed by atoms with Crippen molar-refractivity contribution in [2.45, 2.75) is 0 Å². The summed E-state index contributed by atoms with van der Waals surface area (Å²) in [6.45, 7) is 0. The van der Waals surface area contributed by atoms with E-state index in [9.17, 15) is 4.79 Å². The van der Waals surface area contributed by atoms with Crippen LogP contribution in [0.1, 0.15) is 5.69 Å². The topological polar surface area (TPSA) is 42.9 Å². The van der Waals surface area contributed by atoms with Gasteiger partial charge in [0.25, 0.3) is 6.29 Å². The van der Waals surface area contributed by atoms with Crippen molar-refractivity contribution in [3.05, 3.63) is 48.4 Å². The molecule has 0 unspecified atom stereocenters. The van der Waals surface area contributed by atoms with E-state index in [4.69, 9.17) is 0 Å². The summed E-state index contributed by atoms with van der Waals surface area (Å²) in [7, 11) is 0. The Morgan fingerprint density at radius 3 is 2.36 bits per heavy atom. The molecule has 1 heterocycles. The van der Waals surface area contributed by atoms with Crippen LogP contribution in [0.3, 0.4) is 0 Å². The van der Waals surface area contributed by atoms with Crippen LogP contribution >= 0.6 is 0 Å². The van der Waals surface area contributed by atoms with Gasteiger partial charge in [-0.15, -0.1) is 0 Å². The molecule has 0 spiro atoms. The summed E-state index contributed by atoms with van der Waals surface area (Å²) >= 11 is 0. The average molecular weight is 183 g/mol. The highest BCUT2D eigenvalue weighted by atomic mass is 16.1. The summed E-state index contributed by atoms with van der Waals surface area (Å²) in [6.07, 6.45) is 4.66. The van der Waals surface area contributed by atoms with Crippen molar-refractivity contribution in [1.29, 1.82) is 0 Å². The molecule has 0 aliphatic rings. The van der Waals surface area contributed by atoms with Crippen molar-refractivity contribution in [3.8, 4) is 11.3 Å². The van der Waals surface area contributed by atoms with Gasteiger partial charge in [-0.05, 0) is 0 Å². The molecule has 0 fully saturated rings. The minimum atomic E-state index is 0.227. The molecular weight excluding hydrogens is 176 g/mol. The van der Waals surface area contributed by atoms with Crippen LogP contribution in [0, 0.1) is 0 Å². The van der Waals surface area contributed by atoms with E-state index >= 15 is 0 Å². The zero-order chi connectivity index (χ0) is 9.80. The van der Waals surface area contributed by atoms with Gasteiger partial charge in [0.05, 0.1) is 18.1 Å². The smallest absolute Gasteiger partial charge is 0.255 e. The molecule has 1 aromatic carbocycles. The Morgan fingerprint density at radius 1 is 1.00 bits per heavy atom. The Labute approximate surface area is 81.5 Å². The molecule has 0 amide bonds. The molecule has 0 bridgehead atoms. The number of rotatable bonds is 2. The lowest BCUT2D eigenvalue weighted by Gasteiger charge is -1.98. The van der Waals surface area contributed by atoms with Crippen LogP contribution in [0.4, 0.5) is 0 Å². The minimum Gasteiger partial charge on any atom is -0.283 e. The van der Waals surface area contributed by atoms with Crippen LogP contribution in [0.2, 0.25) is 0 Å². The SMILES string of the molecule is O=[C]c1cnc(-c2ccccc2)cn1. The van der Waals surface area contributed by atoms with Gasteiger partial charge >= 0.3 is 0 Å². The first-order valence-electron chi connectivity index (χ1n) is 4.16. The first-order valence-corrected chi connectivity index (χ1v) is 4.16. The lowest BCUT2D eigenvalue weighted by molar-refractivity contribution is 0.561. The Morgan fingerprint density at radius 2 is 1.79 bits per heavy atom. The molecule has 2 aromatic rings. The molecule has 0 saturated carbocycles. The monoisotopic (exact) mass is 183 g/mol. The second-order valence-electron chi connectivity index (χ2n) is 2.75. The van der Waals surface area contributed by atoms with Gasteiger partial charge in [-0.1, -0.05) is 30.3 Å². The van der Waals surface area contributed by atoms with Crippen molar-refractivity contribution in [1.82, 2.24) is 9.97 Å². The van der Waals surface area contributed by atoms with Crippen molar-refractivity contribution >= 4 is 6.29 Å². The molecule has 67 valence electrons. The van der Waals surface area contributed by atoms with E-state index in [1.54, 1.807) is 12.5 Å². The Hall–Kier alpha value is -2.03. The van der Waals surface area contributed by atoms with Gasteiger partial charge in [0.1, 0.15) is 5.69 Å². The normalized spacial score (nSPS) is 9.71. The summed E-state index contributed by atoms with van der Waals surface area (Å²) in [5, 5.41) is 0. The zero-order valence-corrected chi connectivity index (χ0v) is 7.34. The largest absolute Gasteiger partial charge is 0.283 e. The Balaban J connectivity index is 2.39. The van der Waals surface area contributed by atoms with Gasteiger partial charge in [0.15, 0.2) is 0 Å². The van der Waals surface area contributed by atoms with E-state index < -0.39 is 0 Å². The fourth-order valence-electron chi connectivity index (χ4n) is 1.14. The second-order valence-corrected chi connectivity index (χ2v) is 2.75. The highest BCUT2D eigenvalue weighted by Gasteiger charge is 1.98. The molecule has 0 aliphatic heterocycles. The molecular formula is C11H7N2O. The van der Waals surface area contributed by atoms with Crippen molar-refractivity contribution < 1.29 is 4.79 Å². The zero-order valence-electron chi connectivity index (χ0n) is 7.34. The van der Waals surface area contributed by atoms with E-state index in [0.29, 0.717) is 0 Å². The summed E-state index contributed by atoms with van der Waals surface area (Å²) < 4.78 is 0. The van der Waals surface area contributed by atoms with Gasteiger partial charge < -0.3 is 0 Å². The fourth-order valence-corrected chi connectivity index (χ4v) is 1.14. The number of aromatic nitrogens is 2. The summed E-state index contributed by atoms with van der Waals surface area (Å²) in [4.78, 5) is 18.2. The lowest BCUT2D eigenvalue weighted by atomic mass is 10.2. The highest BCUT2D eigenvalue weighted by Crippen LogP contribution is 2.13. The summed E-state index contributed by atoms with van der Waals surface area (Å²) in [5.41, 5.74) is 1.96.